The van der Waals surface area contributed by atoms with E-state index in [0.717, 1.165) is 12.0 Å². The van der Waals surface area contributed by atoms with Crippen LogP contribution in [-0.2, 0) is 23.0 Å². The number of nitrogens with zero attached hydrogens (tertiary/aromatic N) is 2. The smallest absolute Gasteiger partial charge is 0.242 e. The molecular formula is C18H25IN4O2S. The number of aliphatic imine (C=N–C) groups is 1. The first-order valence-electron chi connectivity index (χ1n) is 7.99. The van der Waals surface area contributed by atoms with E-state index >= 15 is 0 Å². The summed E-state index contributed by atoms with van der Waals surface area (Å²) in [5.41, 5.74) is 7.99. The number of benzene rings is 2. The largest absolute Gasteiger partial charge is 0.370 e. The van der Waals surface area contributed by atoms with Crippen molar-refractivity contribution in [2.24, 2.45) is 10.7 Å². The summed E-state index contributed by atoms with van der Waals surface area (Å²) in [6.45, 7) is 1.10. The molecule has 0 aromatic heterocycles. The van der Waals surface area contributed by atoms with Crippen LogP contribution < -0.4 is 11.1 Å². The summed E-state index contributed by atoms with van der Waals surface area (Å²) in [5, 5.41) is 3.08. The van der Waals surface area contributed by atoms with Gasteiger partial charge in [0.1, 0.15) is 0 Å². The molecule has 0 saturated heterocycles. The Morgan fingerprint density at radius 1 is 1.04 bits per heavy atom. The molecule has 0 atom stereocenters. The van der Waals surface area contributed by atoms with Crippen molar-refractivity contribution in [3.05, 3.63) is 65.7 Å². The first kappa shape index (κ1) is 22.4. The van der Waals surface area contributed by atoms with Gasteiger partial charge < -0.3 is 11.1 Å². The van der Waals surface area contributed by atoms with Crippen LogP contribution in [0.4, 0.5) is 0 Å². The molecule has 26 heavy (non-hydrogen) atoms. The van der Waals surface area contributed by atoms with Crippen molar-refractivity contribution < 1.29 is 8.42 Å². The highest BCUT2D eigenvalue weighted by Crippen LogP contribution is 2.14. The minimum atomic E-state index is -3.40. The van der Waals surface area contributed by atoms with Crippen LogP contribution in [0.5, 0.6) is 0 Å². The zero-order valence-electron chi connectivity index (χ0n) is 14.9. The fourth-order valence-corrected chi connectivity index (χ4v) is 3.09. The van der Waals surface area contributed by atoms with Crippen molar-refractivity contribution in [3.8, 4) is 0 Å². The van der Waals surface area contributed by atoms with Gasteiger partial charge in [-0.25, -0.2) is 17.7 Å². The average molecular weight is 488 g/mol. The van der Waals surface area contributed by atoms with Gasteiger partial charge in [-0.05, 0) is 29.7 Å². The Hall–Kier alpha value is -1.65. The highest BCUT2D eigenvalue weighted by atomic mass is 127. The lowest BCUT2D eigenvalue weighted by atomic mass is 10.1. The molecule has 2 aromatic carbocycles. The molecule has 0 aliphatic heterocycles. The number of halogens is 1. The van der Waals surface area contributed by atoms with Crippen LogP contribution in [0.2, 0.25) is 0 Å². The molecule has 0 spiro atoms. The van der Waals surface area contributed by atoms with Gasteiger partial charge in [0.15, 0.2) is 5.96 Å². The van der Waals surface area contributed by atoms with E-state index < -0.39 is 10.0 Å². The Morgan fingerprint density at radius 3 is 2.23 bits per heavy atom. The molecule has 0 aliphatic carbocycles. The van der Waals surface area contributed by atoms with E-state index in [4.69, 9.17) is 5.73 Å². The fourth-order valence-electron chi connectivity index (χ4n) is 2.19. The first-order chi connectivity index (χ1) is 11.9. The summed E-state index contributed by atoms with van der Waals surface area (Å²) in [6, 6.07) is 16.8. The third-order valence-electron chi connectivity index (χ3n) is 3.70. The van der Waals surface area contributed by atoms with Crippen LogP contribution in [-0.4, -0.2) is 39.3 Å². The average Bonchev–Trinajstić information content (AvgIpc) is 2.61. The molecule has 6 nitrogen and oxygen atoms in total. The number of hydrogen-bond donors (Lipinski definition) is 2. The number of hydrogen-bond acceptors (Lipinski definition) is 3. The zero-order valence-corrected chi connectivity index (χ0v) is 18.1. The summed E-state index contributed by atoms with van der Waals surface area (Å²) in [7, 11) is -0.384. The van der Waals surface area contributed by atoms with E-state index in [1.165, 1.54) is 24.0 Å². The standard InChI is InChI=1S/C18H24N4O2S.HI/c1-22(2)25(23,24)17-10-8-16(9-11-17)14-21-18(19)20-13-12-15-6-4-3-5-7-15;/h3-11H,12-14H2,1-2H3,(H3,19,20,21);1H. The lowest BCUT2D eigenvalue weighted by Crippen LogP contribution is -2.33. The molecule has 8 heteroatoms. The van der Waals surface area contributed by atoms with Crippen LogP contribution in [0.1, 0.15) is 11.1 Å². The Labute approximate surface area is 172 Å². The summed E-state index contributed by atoms with van der Waals surface area (Å²) < 4.78 is 25.2. The number of rotatable bonds is 7. The van der Waals surface area contributed by atoms with Crippen molar-refractivity contribution in [1.29, 1.82) is 0 Å². The summed E-state index contributed by atoms with van der Waals surface area (Å²) in [4.78, 5) is 4.54. The Kier molecular flexibility index (Phi) is 9.03. The predicted octanol–water partition coefficient (Wildman–Crippen LogP) is 2.20. The van der Waals surface area contributed by atoms with Crippen molar-refractivity contribution >= 4 is 40.0 Å². The van der Waals surface area contributed by atoms with E-state index in [2.05, 4.69) is 22.4 Å². The molecule has 2 rings (SSSR count). The molecule has 0 heterocycles. The Balaban J connectivity index is 0.00000338. The molecule has 0 fully saturated rings. The molecule has 3 N–H and O–H groups in total. The molecule has 0 amide bonds. The monoisotopic (exact) mass is 488 g/mol. The molecule has 0 saturated carbocycles. The fraction of sp³-hybridized carbons (Fsp3) is 0.278. The maximum Gasteiger partial charge on any atom is 0.242 e. The van der Waals surface area contributed by atoms with Gasteiger partial charge in [0, 0.05) is 20.6 Å². The van der Waals surface area contributed by atoms with Crippen LogP contribution in [0.3, 0.4) is 0 Å². The Morgan fingerprint density at radius 2 is 1.65 bits per heavy atom. The normalized spacial score (nSPS) is 11.9. The summed E-state index contributed by atoms with van der Waals surface area (Å²) in [6.07, 6.45) is 0.869. The van der Waals surface area contributed by atoms with Crippen molar-refractivity contribution in [1.82, 2.24) is 9.62 Å². The topological polar surface area (TPSA) is 87.8 Å². The van der Waals surface area contributed by atoms with Gasteiger partial charge in [0.2, 0.25) is 10.0 Å². The first-order valence-corrected chi connectivity index (χ1v) is 9.43. The quantitative estimate of drug-likeness (QED) is 0.356. The third kappa shape index (κ3) is 6.58. The highest BCUT2D eigenvalue weighted by Gasteiger charge is 2.16. The van der Waals surface area contributed by atoms with E-state index in [1.807, 2.05) is 18.2 Å². The number of guanidine groups is 1. The maximum absolute atomic E-state index is 12.0. The van der Waals surface area contributed by atoms with Gasteiger partial charge in [-0.15, -0.1) is 24.0 Å². The van der Waals surface area contributed by atoms with Gasteiger partial charge >= 0.3 is 0 Å². The lowest BCUT2D eigenvalue weighted by Gasteiger charge is -2.11. The summed E-state index contributed by atoms with van der Waals surface area (Å²) in [5.74, 6) is 0.376. The minimum Gasteiger partial charge on any atom is -0.370 e. The number of sulfonamides is 1. The predicted molar refractivity (Wildman–Crippen MR) is 116 cm³/mol. The maximum atomic E-state index is 12.0. The number of nitrogens with one attached hydrogen (secondary N) is 1. The zero-order chi connectivity index (χ0) is 18.3. The number of nitrogens with two attached hydrogens (primary N) is 1. The van der Waals surface area contributed by atoms with E-state index in [9.17, 15) is 8.42 Å². The van der Waals surface area contributed by atoms with Crippen molar-refractivity contribution in [2.45, 2.75) is 17.9 Å². The van der Waals surface area contributed by atoms with Crippen LogP contribution in [0, 0.1) is 0 Å². The molecule has 0 bridgehead atoms. The third-order valence-corrected chi connectivity index (χ3v) is 5.53. The second-order valence-electron chi connectivity index (χ2n) is 5.80. The van der Waals surface area contributed by atoms with E-state index in [0.29, 0.717) is 19.0 Å². The van der Waals surface area contributed by atoms with E-state index in [1.54, 1.807) is 24.3 Å². The minimum absolute atomic E-state index is 0. The molecule has 2 aromatic rings. The second kappa shape index (κ2) is 10.5. The van der Waals surface area contributed by atoms with Crippen LogP contribution in [0.15, 0.2) is 64.5 Å². The molecule has 0 unspecified atom stereocenters. The molecule has 0 radical (unpaired) electrons. The van der Waals surface area contributed by atoms with Gasteiger partial charge in [-0.1, -0.05) is 42.5 Å². The van der Waals surface area contributed by atoms with Gasteiger partial charge in [-0.3, -0.25) is 0 Å². The molecule has 0 aliphatic rings. The summed E-state index contributed by atoms with van der Waals surface area (Å²) >= 11 is 0. The molecular weight excluding hydrogens is 463 g/mol. The molecule has 142 valence electrons. The van der Waals surface area contributed by atoms with Crippen LogP contribution >= 0.6 is 24.0 Å². The van der Waals surface area contributed by atoms with E-state index in [-0.39, 0.29) is 28.9 Å². The van der Waals surface area contributed by atoms with Crippen molar-refractivity contribution in [2.75, 3.05) is 20.6 Å². The lowest BCUT2D eigenvalue weighted by molar-refractivity contribution is 0.520. The van der Waals surface area contributed by atoms with Gasteiger partial charge in [-0.2, -0.15) is 0 Å². The van der Waals surface area contributed by atoms with Gasteiger partial charge in [0.25, 0.3) is 0 Å². The van der Waals surface area contributed by atoms with Crippen LogP contribution in [0.25, 0.3) is 0 Å². The van der Waals surface area contributed by atoms with Gasteiger partial charge in [0.05, 0.1) is 11.4 Å². The Bertz CT molecular complexity index is 807. The highest BCUT2D eigenvalue weighted by molar-refractivity contribution is 14.0. The SMILES string of the molecule is CN(C)S(=O)(=O)c1ccc(CN=C(N)NCCc2ccccc2)cc1.I. The second-order valence-corrected chi connectivity index (χ2v) is 7.95. The van der Waals surface area contributed by atoms with Crippen molar-refractivity contribution in [3.63, 3.8) is 0 Å².